The van der Waals surface area contributed by atoms with Gasteiger partial charge in [-0.3, -0.25) is 9.59 Å². The molecule has 0 saturated carbocycles. The minimum atomic E-state index is -2.61. The standard InChI is InChI=1S/C20H21F2N5O4S/c1-30-9-13(19(23)29)24-11-2-3-12-15(6-11)31-5-4-26-7-16(25-20(12)26)27-14(18(21)22)10-32-17(27)8-28/h2-3,6-8,13-14,18H,4-5,9-10H2,1H3,(H2-,23,24,25,29)/p+1/t13-,14-/m0/s1. The average molecular weight is 466 g/mol. The van der Waals surface area contributed by atoms with Gasteiger partial charge in [-0.05, 0) is 17.1 Å². The number of hydrogen-bond donors (Lipinski definition) is 2. The summed E-state index contributed by atoms with van der Waals surface area (Å²) in [7, 11) is 1.47. The maximum atomic E-state index is 13.5. The molecule has 4 rings (SSSR count). The summed E-state index contributed by atoms with van der Waals surface area (Å²) < 4.78 is 41.1. The summed E-state index contributed by atoms with van der Waals surface area (Å²) in [6, 6.07) is 3.40. The van der Waals surface area contributed by atoms with Crippen molar-refractivity contribution in [1.29, 1.82) is 0 Å². The highest BCUT2D eigenvalue weighted by Crippen LogP contribution is 2.37. The molecule has 0 spiro atoms. The number of imidazole rings is 1. The zero-order chi connectivity index (χ0) is 22.8. The molecular weight excluding hydrogens is 444 g/mol. The van der Waals surface area contributed by atoms with E-state index in [2.05, 4.69) is 10.3 Å². The summed E-state index contributed by atoms with van der Waals surface area (Å²) in [6.07, 6.45) is -0.371. The molecule has 170 valence electrons. The van der Waals surface area contributed by atoms with Crippen LogP contribution in [0, 0.1) is 0 Å². The molecule has 1 aromatic carbocycles. The first-order valence-electron chi connectivity index (χ1n) is 9.84. The van der Waals surface area contributed by atoms with Gasteiger partial charge in [-0.15, -0.1) is 0 Å². The van der Waals surface area contributed by atoms with Crippen LogP contribution in [0.2, 0.25) is 0 Å². The molecular formula is C20H22F2N5O4S+. The summed E-state index contributed by atoms with van der Waals surface area (Å²) >= 11 is 1.10. The number of fused-ring (bicyclic) bond motifs is 3. The van der Waals surface area contributed by atoms with E-state index in [1.54, 1.807) is 24.4 Å². The average Bonchev–Trinajstić information content (AvgIpc) is 3.34. The number of nitrogens with zero attached hydrogens (tertiary/aromatic N) is 3. The van der Waals surface area contributed by atoms with Gasteiger partial charge in [0.25, 0.3) is 12.2 Å². The molecule has 12 heteroatoms. The van der Waals surface area contributed by atoms with Crippen molar-refractivity contribution >= 4 is 40.5 Å². The quantitative estimate of drug-likeness (QED) is 0.448. The third kappa shape index (κ3) is 4.19. The number of ether oxygens (including phenoxy) is 2. The number of halogens is 2. The first-order valence-corrected chi connectivity index (χ1v) is 10.8. The van der Waals surface area contributed by atoms with Crippen LogP contribution in [0.1, 0.15) is 0 Å². The summed E-state index contributed by atoms with van der Waals surface area (Å²) in [5.74, 6) is 0.916. The largest absolute Gasteiger partial charge is 0.491 e. The zero-order valence-electron chi connectivity index (χ0n) is 17.2. The molecule has 32 heavy (non-hydrogen) atoms. The number of aromatic nitrogens is 2. The van der Waals surface area contributed by atoms with Crippen LogP contribution in [0.5, 0.6) is 5.75 Å². The molecule has 0 saturated heterocycles. The van der Waals surface area contributed by atoms with E-state index < -0.39 is 24.4 Å². The number of rotatable bonds is 8. The van der Waals surface area contributed by atoms with Gasteiger partial charge >= 0.3 is 5.82 Å². The number of hydrogen-bond acceptors (Lipinski definition) is 7. The number of anilines is 1. The number of thioether (sulfide) groups is 1. The Kier molecular flexibility index (Phi) is 6.42. The van der Waals surface area contributed by atoms with Gasteiger partial charge in [0.1, 0.15) is 24.6 Å². The Morgan fingerprint density at radius 3 is 3.03 bits per heavy atom. The van der Waals surface area contributed by atoms with Crippen molar-refractivity contribution in [3.8, 4) is 17.1 Å². The van der Waals surface area contributed by atoms with Crippen LogP contribution in [-0.4, -0.2) is 75.9 Å². The maximum Gasteiger partial charge on any atom is 0.343 e. The number of alkyl halides is 2. The number of amides is 1. The smallest absolute Gasteiger partial charge is 0.343 e. The molecule has 2 aromatic rings. The third-order valence-electron chi connectivity index (χ3n) is 5.20. The predicted octanol–water partition coefficient (Wildman–Crippen LogP) is 1.48. The molecule has 3 heterocycles. The minimum Gasteiger partial charge on any atom is -0.491 e. The van der Waals surface area contributed by atoms with Crippen molar-refractivity contribution < 1.29 is 32.4 Å². The topological polar surface area (TPSA) is 111 Å². The van der Waals surface area contributed by atoms with Gasteiger partial charge in [0.05, 0.1) is 18.7 Å². The van der Waals surface area contributed by atoms with E-state index in [0.717, 1.165) is 11.8 Å². The van der Waals surface area contributed by atoms with Crippen molar-refractivity contribution in [2.24, 2.45) is 5.73 Å². The fourth-order valence-electron chi connectivity index (χ4n) is 3.67. The van der Waals surface area contributed by atoms with Crippen molar-refractivity contribution in [1.82, 2.24) is 9.55 Å². The first-order chi connectivity index (χ1) is 15.4. The van der Waals surface area contributed by atoms with Crippen LogP contribution in [-0.2, 0) is 20.9 Å². The molecule has 0 unspecified atom stereocenters. The number of carbonyl (C=O) groups excluding carboxylic acids is 2. The monoisotopic (exact) mass is 466 g/mol. The fraction of sp³-hybridized carbons (Fsp3) is 0.400. The molecule has 9 nitrogen and oxygen atoms in total. The SMILES string of the molecule is COC[C@H](Nc1ccc2c(c1)OCCn1cc([N+]3=C(C=O)SC[C@H]3C(F)F)nc1-2)C(N)=O. The lowest BCUT2D eigenvalue weighted by molar-refractivity contribution is -0.492. The summed E-state index contributed by atoms with van der Waals surface area (Å²) in [5.41, 5.74) is 6.67. The Bertz CT molecular complexity index is 1070. The van der Waals surface area contributed by atoms with E-state index >= 15 is 0 Å². The number of methoxy groups -OCH3 is 1. The van der Waals surface area contributed by atoms with Crippen LogP contribution in [0.15, 0.2) is 24.4 Å². The molecule has 0 bridgehead atoms. The molecule has 1 amide bonds. The van der Waals surface area contributed by atoms with Crippen molar-refractivity contribution in [3.05, 3.63) is 24.4 Å². The van der Waals surface area contributed by atoms with E-state index in [4.69, 9.17) is 15.2 Å². The lowest BCUT2D eigenvalue weighted by Crippen LogP contribution is -2.38. The Hall–Kier alpha value is -2.99. The van der Waals surface area contributed by atoms with Crippen LogP contribution in [0.3, 0.4) is 0 Å². The summed E-state index contributed by atoms with van der Waals surface area (Å²) in [4.78, 5) is 27.6. The highest BCUT2D eigenvalue weighted by molar-refractivity contribution is 8.15. The number of benzene rings is 1. The van der Waals surface area contributed by atoms with E-state index in [-0.39, 0.29) is 17.4 Å². The van der Waals surface area contributed by atoms with Crippen molar-refractivity contribution in [3.63, 3.8) is 0 Å². The van der Waals surface area contributed by atoms with Crippen molar-refractivity contribution in [2.75, 3.05) is 31.4 Å². The summed E-state index contributed by atoms with van der Waals surface area (Å²) in [6.45, 7) is 0.883. The Morgan fingerprint density at radius 1 is 1.53 bits per heavy atom. The van der Waals surface area contributed by atoms with Gasteiger partial charge < -0.3 is 25.1 Å². The van der Waals surface area contributed by atoms with E-state index in [9.17, 15) is 18.4 Å². The lowest BCUT2D eigenvalue weighted by atomic mass is 10.1. The van der Waals surface area contributed by atoms with Crippen LogP contribution < -0.4 is 15.8 Å². The van der Waals surface area contributed by atoms with Crippen molar-refractivity contribution in [2.45, 2.75) is 25.1 Å². The van der Waals surface area contributed by atoms with Gasteiger partial charge in [-0.2, -0.15) is 0 Å². The molecule has 0 radical (unpaired) electrons. The molecule has 1 aromatic heterocycles. The molecule has 0 fully saturated rings. The molecule has 2 aliphatic heterocycles. The third-order valence-corrected chi connectivity index (χ3v) is 6.30. The maximum absolute atomic E-state index is 13.5. The van der Waals surface area contributed by atoms with E-state index in [1.807, 2.05) is 4.57 Å². The number of nitrogens with one attached hydrogen (secondary N) is 1. The second-order valence-electron chi connectivity index (χ2n) is 7.27. The fourth-order valence-corrected chi connectivity index (χ4v) is 4.75. The Labute approximate surface area is 186 Å². The Balaban J connectivity index is 1.69. The van der Waals surface area contributed by atoms with Gasteiger partial charge in [0, 0.05) is 24.6 Å². The molecule has 3 N–H and O–H groups in total. The Morgan fingerprint density at radius 2 is 2.34 bits per heavy atom. The van der Waals surface area contributed by atoms with Gasteiger partial charge in [-0.1, -0.05) is 11.8 Å². The second kappa shape index (κ2) is 9.25. The van der Waals surface area contributed by atoms with Gasteiger partial charge in [0.2, 0.25) is 11.0 Å². The highest BCUT2D eigenvalue weighted by Gasteiger charge is 2.41. The van der Waals surface area contributed by atoms with Crippen LogP contribution in [0.4, 0.5) is 20.3 Å². The van der Waals surface area contributed by atoms with Gasteiger partial charge in [-0.25, -0.2) is 13.4 Å². The highest BCUT2D eigenvalue weighted by atomic mass is 32.2. The molecule has 2 atom stereocenters. The van der Waals surface area contributed by atoms with Crippen LogP contribution >= 0.6 is 11.8 Å². The lowest BCUT2D eigenvalue weighted by Gasteiger charge is -2.16. The van der Waals surface area contributed by atoms with Crippen LogP contribution in [0.25, 0.3) is 11.4 Å². The molecule has 0 aliphatic carbocycles. The minimum absolute atomic E-state index is 0.107. The summed E-state index contributed by atoms with van der Waals surface area (Å²) in [5, 5.41) is 3.23. The normalized spacial score (nSPS) is 18.6. The number of carbonyl (C=O) groups is 2. The van der Waals surface area contributed by atoms with Gasteiger partial charge in [0.15, 0.2) is 12.3 Å². The molecule has 2 aliphatic rings. The van der Waals surface area contributed by atoms with E-state index in [0.29, 0.717) is 48.1 Å². The number of nitrogens with two attached hydrogens (primary N) is 1. The zero-order valence-corrected chi connectivity index (χ0v) is 18.0. The van der Waals surface area contributed by atoms with E-state index in [1.165, 1.54) is 11.7 Å². The second-order valence-corrected chi connectivity index (χ2v) is 8.31. The predicted molar refractivity (Wildman–Crippen MR) is 115 cm³/mol. The number of aldehydes is 1. The first kappa shape index (κ1) is 22.2. The number of primary amides is 1.